The van der Waals surface area contributed by atoms with Crippen molar-refractivity contribution in [2.24, 2.45) is 5.10 Å². The van der Waals surface area contributed by atoms with Gasteiger partial charge in [0, 0.05) is 6.07 Å². The Balaban J connectivity index is 2.23. The Bertz CT molecular complexity index is 852. The van der Waals surface area contributed by atoms with Crippen LogP contribution in [-0.4, -0.2) is 16.1 Å². The molecule has 2 rings (SSSR count). The fourth-order valence-corrected chi connectivity index (χ4v) is 1.85. The number of nitro groups is 2. The van der Waals surface area contributed by atoms with E-state index < -0.39 is 33.0 Å². The summed E-state index contributed by atoms with van der Waals surface area (Å²) >= 11 is 0. The highest BCUT2D eigenvalue weighted by atomic mass is 19.4. The van der Waals surface area contributed by atoms with E-state index in [1.165, 1.54) is 12.1 Å². The molecule has 130 valence electrons. The summed E-state index contributed by atoms with van der Waals surface area (Å²) in [7, 11) is 0. The maximum absolute atomic E-state index is 12.6. The summed E-state index contributed by atoms with van der Waals surface area (Å²) in [6.45, 7) is 0. The fraction of sp³-hybridized carbons (Fsp3) is 0.0714. The van der Waals surface area contributed by atoms with E-state index in [1.807, 2.05) is 0 Å². The van der Waals surface area contributed by atoms with Crippen LogP contribution >= 0.6 is 0 Å². The van der Waals surface area contributed by atoms with Gasteiger partial charge in [-0.1, -0.05) is 6.07 Å². The van der Waals surface area contributed by atoms with Gasteiger partial charge in [0.15, 0.2) is 0 Å². The largest absolute Gasteiger partial charge is 0.416 e. The lowest BCUT2D eigenvalue weighted by molar-refractivity contribution is -0.394. The molecular weight excluding hydrogens is 345 g/mol. The van der Waals surface area contributed by atoms with Crippen LogP contribution in [0.1, 0.15) is 11.1 Å². The van der Waals surface area contributed by atoms with E-state index in [-0.39, 0.29) is 11.3 Å². The molecule has 0 atom stereocenters. The van der Waals surface area contributed by atoms with Gasteiger partial charge in [-0.2, -0.15) is 18.3 Å². The highest BCUT2D eigenvalue weighted by Gasteiger charge is 2.30. The number of nitro benzene ring substituents is 2. The molecule has 0 unspecified atom stereocenters. The number of rotatable bonds is 5. The molecule has 2 aromatic carbocycles. The lowest BCUT2D eigenvalue weighted by Gasteiger charge is -2.08. The molecule has 0 aliphatic rings. The van der Waals surface area contributed by atoms with E-state index >= 15 is 0 Å². The Kier molecular flexibility index (Phi) is 4.96. The van der Waals surface area contributed by atoms with Gasteiger partial charge in [-0.3, -0.25) is 25.7 Å². The monoisotopic (exact) mass is 354 g/mol. The zero-order valence-electron chi connectivity index (χ0n) is 12.2. The van der Waals surface area contributed by atoms with Crippen LogP contribution in [0.15, 0.2) is 47.6 Å². The lowest BCUT2D eigenvalue weighted by atomic mass is 10.2. The Morgan fingerprint density at radius 1 is 1.04 bits per heavy atom. The summed E-state index contributed by atoms with van der Waals surface area (Å²) in [4.78, 5) is 20.0. The normalized spacial score (nSPS) is 11.5. The van der Waals surface area contributed by atoms with Crippen molar-refractivity contribution in [3.05, 3.63) is 73.8 Å². The molecule has 0 radical (unpaired) electrons. The Hall–Kier alpha value is -3.50. The second kappa shape index (κ2) is 6.95. The molecule has 8 nitrogen and oxygen atoms in total. The summed E-state index contributed by atoms with van der Waals surface area (Å²) in [5.74, 6) is 0. The minimum atomic E-state index is -4.52. The van der Waals surface area contributed by atoms with Crippen LogP contribution in [0.25, 0.3) is 0 Å². The molecule has 1 N–H and O–H groups in total. The molecule has 11 heteroatoms. The van der Waals surface area contributed by atoms with Crippen LogP contribution in [0.5, 0.6) is 0 Å². The van der Waals surface area contributed by atoms with Gasteiger partial charge in [0.2, 0.25) is 0 Å². The van der Waals surface area contributed by atoms with Crippen LogP contribution in [-0.2, 0) is 6.18 Å². The molecule has 0 amide bonds. The van der Waals surface area contributed by atoms with E-state index in [0.29, 0.717) is 0 Å². The van der Waals surface area contributed by atoms with E-state index in [2.05, 4.69) is 10.5 Å². The van der Waals surface area contributed by atoms with Crippen molar-refractivity contribution in [2.75, 3.05) is 5.43 Å². The summed E-state index contributed by atoms with van der Waals surface area (Å²) in [6, 6.07) is 7.15. The predicted molar refractivity (Wildman–Crippen MR) is 82.4 cm³/mol. The highest BCUT2D eigenvalue weighted by Crippen LogP contribution is 2.30. The second-order valence-corrected chi connectivity index (χ2v) is 4.71. The van der Waals surface area contributed by atoms with E-state index in [9.17, 15) is 33.4 Å². The van der Waals surface area contributed by atoms with Crippen molar-refractivity contribution in [3.63, 3.8) is 0 Å². The number of non-ortho nitro benzene ring substituents is 1. The van der Waals surface area contributed by atoms with Crippen molar-refractivity contribution in [1.82, 2.24) is 0 Å². The SMILES string of the molecule is O=[N+]([O-])c1ccc(/C=N/Nc2cccc(C(F)(F)F)c2)c([N+](=O)[O-])c1. The Morgan fingerprint density at radius 2 is 1.76 bits per heavy atom. The van der Waals surface area contributed by atoms with Crippen molar-refractivity contribution >= 4 is 23.3 Å². The van der Waals surface area contributed by atoms with E-state index in [1.54, 1.807) is 0 Å². The second-order valence-electron chi connectivity index (χ2n) is 4.71. The van der Waals surface area contributed by atoms with Gasteiger partial charge in [0.05, 0.1) is 38.9 Å². The van der Waals surface area contributed by atoms with Gasteiger partial charge in [-0.15, -0.1) is 0 Å². The van der Waals surface area contributed by atoms with Crippen LogP contribution in [0, 0.1) is 20.2 Å². The minimum absolute atomic E-state index is 0.0237. The standard InChI is InChI=1S/C14H9F3N4O4/c15-14(16,17)10-2-1-3-11(6-10)19-18-8-9-4-5-12(20(22)23)7-13(9)21(24)25/h1-8,19H/b18-8+. The highest BCUT2D eigenvalue weighted by molar-refractivity contribution is 5.86. The molecule has 0 heterocycles. The van der Waals surface area contributed by atoms with Crippen LogP contribution in [0.2, 0.25) is 0 Å². The van der Waals surface area contributed by atoms with Crippen LogP contribution in [0.4, 0.5) is 30.2 Å². The third kappa shape index (κ3) is 4.50. The van der Waals surface area contributed by atoms with Crippen molar-refractivity contribution in [3.8, 4) is 0 Å². The molecule has 0 fully saturated rings. The Morgan fingerprint density at radius 3 is 2.36 bits per heavy atom. The zero-order valence-corrected chi connectivity index (χ0v) is 12.2. The molecule has 0 bridgehead atoms. The number of halogens is 3. The first kappa shape index (κ1) is 17.8. The van der Waals surface area contributed by atoms with E-state index in [4.69, 9.17) is 0 Å². The van der Waals surface area contributed by atoms with Gasteiger partial charge in [0.25, 0.3) is 11.4 Å². The number of alkyl halides is 3. The molecular formula is C14H9F3N4O4. The Labute approximate surface area is 137 Å². The summed E-state index contributed by atoms with van der Waals surface area (Å²) < 4.78 is 37.8. The van der Waals surface area contributed by atoms with Gasteiger partial charge in [0.1, 0.15) is 0 Å². The molecule has 0 aromatic heterocycles. The van der Waals surface area contributed by atoms with Crippen LogP contribution < -0.4 is 5.43 Å². The van der Waals surface area contributed by atoms with Gasteiger partial charge < -0.3 is 0 Å². The molecule has 0 saturated heterocycles. The molecule has 2 aromatic rings. The number of hydrogen-bond acceptors (Lipinski definition) is 6. The summed E-state index contributed by atoms with van der Waals surface area (Å²) in [6.07, 6.45) is -3.53. The molecule has 0 aliphatic heterocycles. The first-order valence-corrected chi connectivity index (χ1v) is 6.57. The van der Waals surface area contributed by atoms with Crippen molar-refractivity contribution in [1.29, 1.82) is 0 Å². The minimum Gasteiger partial charge on any atom is -0.278 e. The number of nitrogens with zero attached hydrogens (tertiary/aromatic N) is 3. The van der Waals surface area contributed by atoms with Gasteiger partial charge >= 0.3 is 6.18 Å². The third-order valence-electron chi connectivity index (χ3n) is 3.01. The summed E-state index contributed by atoms with van der Waals surface area (Å²) in [5, 5.41) is 25.2. The van der Waals surface area contributed by atoms with Crippen molar-refractivity contribution in [2.45, 2.75) is 6.18 Å². The molecule has 0 spiro atoms. The average Bonchev–Trinajstić information content (AvgIpc) is 2.54. The van der Waals surface area contributed by atoms with Gasteiger partial charge in [-0.05, 0) is 24.3 Å². The smallest absolute Gasteiger partial charge is 0.278 e. The number of benzene rings is 2. The fourth-order valence-electron chi connectivity index (χ4n) is 1.85. The molecule has 25 heavy (non-hydrogen) atoms. The first-order valence-electron chi connectivity index (χ1n) is 6.57. The number of anilines is 1. The van der Waals surface area contributed by atoms with Crippen molar-refractivity contribution < 1.29 is 23.0 Å². The van der Waals surface area contributed by atoms with E-state index in [0.717, 1.165) is 36.5 Å². The summed E-state index contributed by atoms with van der Waals surface area (Å²) in [5.41, 5.74) is 0.404. The number of nitrogens with one attached hydrogen (secondary N) is 1. The number of hydrazone groups is 1. The lowest BCUT2D eigenvalue weighted by Crippen LogP contribution is -2.05. The molecule has 0 aliphatic carbocycles. The van der Waals surface area contributed by atoms with Gasteiger partial charge in [-0.25, -0.2) is 0 Å². The maximum Gasteiger partial charge on any atom is 0.416 e. The maximum atomic E-state index is 12.6. The third-order valence-corrected chi connectivity index (χ3v) is 3.01. The average molecular weight is 354 g/mol. The quantitative estimate of drug-likeness (QED) is 0.496. The molecule has 0 saturated carbocycles. The topological polar surface area (TPSA) is 111 Å². The zero-order chi connectivity index (χ0) is 18.6. The number of hydrogen-bond donors (Lipinski definition) is 1. The predicted octanol–water partition coefficient (Wildman–Crippen LogP) is 3.97. The first-order chi connectivity index (χ1) is 11.7. The van der Waals surface area contributed by atoms with Crippen LogP contribution in [0.3, 0.4) is 0 Å².